The van der Waals surface area contributed by atoms with Crippen molar-refractivity contribution < 1.29 is 14.7 Å². The van der Waals surface area contributed by atoms with Gasteiger partial charge in [0.1, 0.15) is 23.0 Å². The summed E-state index contributed by atoms with van der Waals surface area (Å²) in [6.07, 6.45) is 5.88. The summed E-state index contributed by atoms with van der Waals surface area (Å²) in [6, 6.07) is 7.21. The third-order valence-corrected chi connectivity index (χ3v) is 7.91. The largest absolute Gasteiger partial charge is 0.393 e. The second kappa shape index (κ2) is 9.02. The van der Waals surface area contributed by atoms with Crippen LogP contribution in [0.25, 0.3) is 11.5 Å². The highest BCUT2D eigenvalue weighted by molar-refractivity contribution is 6.02. The number of aliphatic hydroxyl groups excluding tert-OH is 1. The highest BCUT2D eigenvalue weighted by Gasteiger charge is 2.35. The molecule has 10 heteroatoms. The van der Waals surface area contributed by atoms with Crippen LogP contribution in [-0.4, -0.2) is 59.2 Å². The predicted molar refractivity (Wildman–Crippen MR) is 136 cm³/mol. The number of anilines is 1. The van der Waals surface area contributed by atoms with Gasteiger partial charge in [-0.2, -0.15) is 0 Å². The molecule has 0 saturated heterocycles. The average Bonchev–Trinajstić information content (AvgIpc) is 3.60. The molecule has 2 amide bonds. The van der Waals surface area contributed by atoms with E-state index in [1.54, 1.807) is 18.3 Å². The van der Waals surface area contributed by atoms with Crippen molar-refractivity contribution in [2.75, 3.05) is 11.9 Å². The van der Waals surface area contributed by atoms with Crippen LogP contribution in [0.5, 0.6) is 0 Å². The summed E-state index contributed by atoms with van der Waals surface area (Å²) in [5.74, 6) is 1.67. The average molecular weight is 502 g/mol. The van der Waals surface area contributed by atoms with E-state index in [-0.39, 0.29) is 35.1 Å². The van der Waals surface area contributed by atoms with Gasteiger partial charge in [-0.05, 0) is 75.3 Å². The van der Waals surface area contributed by atoms with Crippen molar-refractivity contribution in [3.63, 3.8) is 0 Å². The second-order valence-corrected chi connectivity index (χ2v) is 11.0. The zero-order valence-electron chi connectivity index (χ0n) is 21.1. The molecule has 2 atom stereocenters. The number of carbonyl (C=O) groups excluding carboxylic acids is 2. The number of fused-ring (bicyclic) bond motifs is 2. The maximum Gasteiger partial charge on any atom is 0.275 e. The molecule has 1 fully saturated rings. The van der Waals surface area contributed by atoms with Crippen molar-refractivity contribution in [2.24, 2.45) is 5.92 Å². The Hall–Kier alpha value is -3.66. The van der Waals surface area contributed by atoms with Gasteiger partial charge in [0.15, 0.2) is 5.82 Å². The molecule has 3 aliphatic rings. The van der Waals surface area contributed by atoms with Gasteiger partial charge in [0.25, 0.3) is 5.91 Å². The summed E-state index contributed by atoms with van der Waals surface area (Å²) in [5, 5.41) is 21.4. The van der Waals surface area contributed by atoms with Crippen LogP contribution in [-0.2, 0) is 29.7 Å². The van der Waals surface area contributed by atoms with Crippen LogP contribution < -0.4 is 5.32 Å². The zero-order chi connectivity index (χ0) is 25.7. The number of nitrogens with zero attached hydrogens (tertiary/aromatic N) is 6. The molecule has 6 rings (SSSR count). The van der Waals surface area contributed by atoms with E-state index in [0.29, 0.717) is 49.7 Å². The third kappa shape index (κ3) is 4.39. The first-order valence-corrected chi connectivity index (χ1v) is 13.0. The van der Waals surface area contributed by atoms with E-state index < -0.39 is 0 Å². The Labute approximate surface area is 215 Å². The van der Waals surface area contributed by atoms with Crippen LogP contribution in [0.2, 0.25) is 0 Å². The lowest BCUT2D eigenvalue weighted by molar-refractivity contribution is -0.136. The molecule has 5 heterocycles. The van der Waals surface area contributed by atoms with Crippen molar-refractivity contribution in [3.8, 4) is 11.5 Å². The van der Waals surface area contributed by atoms with Gasteiger partial charge < -0.3 is 19.9 Å². The summed E-state index contributed by atoms with van der Waals surface area (Å²) >= 11 is 0. The fourth-order valence-corrected chi connectivity index (χ4v) is 5.81. The number of carbonyl (C=O) groups is 2. The fraction of sp³-hybridized carbons (Fsp3) is 0.481. The Morgan fingerprint density at radius 1 is 1.14 bits per heavy atom. The van der Waals surface area contributed by atoms with Crippen LogP contribution >= 0.6 is 0 Å². The van der Waals surface area contributed by atoms with E-state index in [1.807, 2.05) is 17.0 Å². The fourth-order valence-electron chi connectivity index (χ4n) is 5.81. The number of rotatable bonds is 4. The monoisotopic (exact) mass is 501 g/mol. The Balaban J connectivity index is 1.18. The molecule has 10 nitrogen and oxygen atoms in total. The Bertz CT molecular complexity index is 1380. The molecule has 37 heavy (non-hydrogen) atoms. The van der Waals surface area contributed by atoms with E-state index in [1.165, 1.54) is 0 Å². The number of hydrogen-bond acceptors (Lipinski definition) is 7. The number of aryl methyl sites for hydroxylation is 1. The maximum atomic E-state index is 13.1. The minimum absolute atomic E-state index is 0.0883. The third-order valence-electron chi connectivity index (χ3n) is 7.91. The van der Waals surface area contributed by atoms with Gasteiger partial charge in [-0.15, -0.1) is 10.2 Å². The summed E-state index contributed by atoms with van der Waals surface area (Å²) in [5.41, 5.74) is 2.82. The van der Waals surface area contributed by atoms with E-state index in [4.69, 9.17) is 0 Å². The summed E-state index contributed by atoms with van der Waals surface area (Å²) in [4.78, 5) is 36.9. The summed E-state index contributed by atoms with van der Waals surface area (Å²) in [6.45, 7) is 5.40. The van der Waals surface area contributed by atoms with Gasteiger partial charge in [-0.1, -0.05) is 6.07 Å². The van der Waals surface area contributed by atoms with Gasteiger partial charge in [-0.3, -0.25) is 14.6 Å². The molecule has 3 aromatic heterocycles. The van der Waals surface area contributed by atoms with Crippen molar-refractivity contribution >= 4 is 17.6 Å². The van der Waals surface area contributed by atoms with Crippen LogP contribution in [0.3, 0.4) is 0 Å². The number of aromatic nitrogens is 5. The number of hydrogen-bond donors (Lipinski definition) is 2. The molecule has 192 valence electrons. The molecule has 3 aromatic rings. The smallest absolute Gasteiger partial charge is 0.275 e. The maximum absolute atomic E-state index is 13.1. The Morgan fingerprint density at radius 3 is 2.81 bits per heavy atom. The first-order valence-electron chi connectivity index (χ1n) is 13.0. The topological polar surface area (TPSA) is 126 Å². The van der Waals surface area contributed by atoms with E-state index in [0.717, 1.165) is 36.2 Å². The number of pyridine rings is 2. The minimum Gasteiger partial charge on any atom is -0.393 e. The van der Waals surface area contributed by atoms with Crippen LogP contribution in [0, 0.1) is 5.92 Å². The Morgan fingerprint density at radius 2 is 2.00 bits per heavy atom. The molecule has 0 radical (unpaired) electrons. The highest BCUT2D eigenvalue weighted by atomic mass is 16.3. The molecule has 1 aliphatic carbocycles. The lowest BCUT2D eigenvalue weighted by Crippen LogP contribution is -2.39. The van der Waals surface area contributed by atoms with Crippen molar-refractivity contribution in [3.05, 3.63) is 53.1 Å². The van der Waals surface area contributed by atoms with E-state index in [2.05, 4.69) is 43.9 Å². The zero-order valence-corrected chi connectivity index (χ0v) is 21.1. The molecular weight excluding hydrogens is 470 g/mol. The number of aliphatic hydroxyl groups is 1. The quantitative estimate of drug-likeness (QED) is 0.563. The van der Waals surface area contributed by atoms with Crippen LogP contribution in [0.1, 0.15) is 67.0 Å². The normalized spacial score (nSPS) is 22.0. The molecule has 0 spiro atoms. The van der Waals surface area contributed by atoms with Crippen LogP contribution in [0.15, 0.2) is 30.5 Å². The molecule has 1 saturated carbocycles. The SMILES string of the molecule is CC1(C)CCc2nnc(-c3cccc(NC(=O)c4cc5c(cn4)CCN(C(=O)C4CC[C@@H](O)C4)C5)n3)n21. The van der Waals surface area contributed by atoms with Crippen molar-refractivity contribution in [1.29, 1.82) is 0 Å². The van der Waals surface area contributed by atoms with Gasteiger partial charge in [-0.25, -0.2) is 4.98 Å². The number of amides is 2. The summed E-state index contributed by atoms with van der Waals surface area (Å²) in [7, 11) is 0. The van der Waals surface area contributed by atoms with Gasteiger partial charge in [0.2, 0.25) is 5.91 Å². The molecule has 2 N–H and O–H groups in total. The molecule has 1 unspecified atom stereocenters. The van der Waals surface area contributed by atoms with Crippen molar-refractivity contribution in [2.45, 2.75) is 70.6 Å². The molecule has 0 bridgehead atoms. The second-order valence-electron chi connectivity index (χ2n) is 11.0. The lowest BCUT2D eigenvalue weighted by atomic mass is 9.98. The lowest BCUT2D eigenvalue weighted by Gasteiger charge is -2.31. The van der Waals surface area contributed by atoms with Crippen molar-refractivity contribution in [1.82, 2.24) is 29.6 Å². The standard InChI is InChI=1S/C27H31N7O3/c1-27(2)10-8-23-31-32-24(34(23)27)20-4-3-5-22(29-20)30-25(36)21-13-18-15-33(11-9-17(18)14-28-21)26(37)16-6-7-19(35)12-16/h3-5,13-14,16,19,35H,6-12,15H2,1-2H3,(H,29,30,36)/t16?,19-/m1/s1. The van der Waals surface area contributed by atoms with Crippen LogP contribution in [0.4, 0.5) is 5.82 Å². The van der Waals surface area contributed by atoms with E-state index in [9.17, 15) is 14.7 Å². The first-order chi connectivity index (χ1) is 17.8. The number of nitrogens with one attached hydrogen (secondary N) is 1. The van der Waals surface area contributed by atoms with Gasteiger partial charge >= 0.3 is 0 Å². The van der Waals surface area contributed by atoms with E-state index >= 15 is 0 Å². The minimum atomic E-state index is -0.380. The summed E-state index contributed by atoms with van der Waals surface area (Å²) < 4.78 is 2.13. The first kappa shape index (κ1) is 23.7. The molecule has 2 aliphatic heterocycles. The predicted octanol–water partition coefficient (Wildman–Crippen LogP) is 2.71. The Kier molecular flexibility index (Phi) is 5.78. The van der Waals surface area contributed by atoms with Gasteiger partial charge in [0.05, 0.1) is 6.10 Å². The molecular formula is C27H31N7O3. The highest BCUT2D eigenvalue weighted by Crippen LogP contribution is 2.35. The molecule has 0 aromatic carbocycles. The van der Waals surface area contributed by atoms with Gasteiger partial charge in [0, 0.05) is 37.2 Å².